The summed E-state index contributed by atoms with van der Waals surface area (Å²) >= 11 is -1.10. The quantitative estimate of drug-likeness (QED) is 0.320. The van der Waals surface area contributed by atoms with Crippen LogP contribution in [0.25, 0.3) is 16.7 Å². The van der Waals surface area contributed by atoms with Crippen LogP contribution >= 0.6 is 0 Å². The van der Waals surface area contributed by atoms with Crippen LogP contribution < -0.4 is 24.8 Å². The number of hydrogen-bond acceptors (Lipinski definition) is 0. The molecule has 37 heavy (non-hydrogen) atoms. The molecular formula is C34H29Cl2Zr. The molecule has 0 N–H and O–H groups in total. The van der Waals surface area contributed by atoms with E-state index in [0.29, 0.717) is 3.63 Å². The van der Waals surface area contributed by atoms with Gasteiger partial charge in [0.25, 0.3) is 0 Å². The first-order valence-electron chi connectivity index (χ1n) is 12.7. The van der Waals surface area contributed by atoms with Gasteiger partial charge in [0.2, 0.25) is 0 Å². The van der Waals surface area contributed by atoms with Gasteiger partial charge in [-0.2, -0.15) is 0 Å². The third kappa shape index (κ3) is 5.47. The fourth-order valence-electron chi connectivity index (χ4n) is 5.58. The van der Waals surface area contributed by atoms with Crippen LogP contribution in [0.4, 0.5) is 0 Å². The maximum absolute atomic E-state index is 2.52. The molecule has 0 fully saturated rings. The van der Waals surface area contributed by atoms with Crippen molar-refractivity contribution in [2.24, 2.45) is 0 Å². The van der Waals surface area contributed by atoms with E-state index < -0.39 is 22.8 Å². The van der Waals surface area contributed by atoms with E-state index in [-0.39, 0.29) is 24.8 Å². The Hall–Kier alpha value is -2.31. The summed E-state index contributed by atoms with van der Waals surface area (Å²) in [4.78, 5) is 0. The van der Waals surface area contributed by atoms with Crippen molar-refractivity contribution in [2.45, 2.75) is 29.8 Å². The Labute approximate surface area is 244 Å². The average Bonchev–Trinajstić information content (AvgIpc) is 3.55. The van der Waals surface area contributed by atoms with Crippen molar-refractivity contribution in [3.05, 3.63) is 149 Å². The van der Waals surface area contributed by atoms with Crippen LogP contribution in [0.2, 0.25) is 0 Å². The number of benzene rings is 4. The summed E-state index contributed by atoms with van der Waals surface area (Å²) < 4.78 is 2.09. The van der Waals surface area contributed by atoms with Gasteiger partial charge < -0.3 is 24.8 Å². The van der Waals surface area contributed by atoms with Crippen LogP contribution in [0.3, 0.4) is 0 Å². The fraction of sp³-hybridized carbons (Fsp3) is 0.147. The van der Waals surface area contributed by atoms with Crippen LogP contribution in [-0.2, 0) is 29.2 Å². The number of aryl methyl sites for hydroxylation is 1. The Bertz CT molecular complexity index is 1430. The molecule has 3 heteroatoms. The minimum atomic E-state index is -1.10. The van der Waals surface area contributed by atoms with Crippen LogP contribution in [-0.4, -0.2) is 3.21 Å². The Morgan fingerprint density at radius 3 is 2.00 bits per heavy atom. The van der Waals surface area contributed by atoms with E-state index in [2.05, 4.69) is 122 Å². The molecule has 4 aromatic carbocycles. The van der Waals surface area contributed by atoms with Gasteiger partial charge in [0.05, 0.1) is 0 Å². The van der Waals surface area contributed by atoms with E-state index in [0.717, 1.165) is 12.8 Å². The molecule has 0 nitrogen and oxygen atoms in total. The van der Waals surface area contributed by atoms with Crippen molar-refractivity contribution in [3.8, 4) is 11.1 Å². The number of fused-ring (bicyclic) bond motifs is 3. The van der Waals surface area contributed by atoms with Crippen molar-refractivity contribution in [2.75, 3.05) is 0 Å². The average molecular weight is 600 g/mol. The van der Waals surface area contributed by atoms with E-state index >= 15 is 0 Å². The topological polar surface area (TPSA) is 0 Å². The summed E-state index contributed by atoms with van der Waals surface area (Å²) in [6.45, 7) is 2.29. The first kappa shape index (κ1) is 27.7. The van der Waals surface area contributed by atoms with Gasteiger partial charge in [-0.15, -0.1) is 0 Å². The van der Waals surface area contributed by atoms with E-state index in [9.17, 15) is 0 Å². The molecular weight excluding hydrogens is 571 g/mol. The molecule has 4 aromatic rings. The van der Waals surface area contributed by atoms with E-state index in [1.54, 1.807) is 14.3 Å². The van der Waals surface area contributed by atoms with Gasteiger partial charge in [0.15, 0.2) is 0 Å². The van der Waals surface area contributed by atoms with Crippen LogP contribution in [0, 0.1) is 0 Å². The zero-order valence-electron chi connectivity index (χ0n) is 20.9. The van der Waals surface area contributed by atoms with Crippen molar-refractivity contribution >= 4 is 8.78 Å². The smallest absolute Gasteiger partial charge is 1.00 e. The van der Waals surface area contributed by atoms with Crippen molar-refractivity contribution < 1.29 is 47.6 Å². The molecule has 0 radical (unpaired) electrons. The number of rotatable bonds is 6. The predicted molar refractivity (Wildman–Crippen MR) is 146 cm³/mol. The number of hydrogen-bond donors (Lipinski definition) is 0. The zero-order valence-corrected chi connectivity index (χ0v) is 24.9. The minimum absolute atomic E-state index is 0. The molecule has 1 atom stereocenters. The second-order valence-corrected chi connectivity index (χ2v) is 12.8. The summed E-state index contributed by atoms with van der Waals surface area (Å²) in [5.41, 5.74) is 13.3. The molecule has 0 spiro atoms. The van der Waals surface area contributed by atoms with Crippen LogP contribution in [0.5, 0.6) is 0 Å². The molecule has 1 unspecified atom stereocenters. The van der Waals surface area contributed by atoms with Crippen molar-refractivity contribution in [1.29, 1.82) is 0 Å². The standard InChI is InChI=1S/C21H19.C13H10.2ClH.Zr/c1-2-7-15-12-19(16-8-3-4-9-16)21-14-17-10-5-6-11-18(17)20(21)13-15;1-3-7-12(8-4-1)11-13-9-5-2-6-10-13;;;/h3-6,8,10-14H,2,7,9H2,1H3;1-10H;2*1H;/q;;;;+2/p-2. The normalized spacial score (nSPS) is 14.5. The van der Waals surface area contributed by atoms with Gasteiger partial charge in [0.1, 0.15) is 0 Å². The van der Waals surface area contributed by atoms with Gasteiger partial charge >= 0.3 is 221 Å². The Morgan fingerprint density at radius 1 is 0.757 bits per heavy atom. The second-order valence-electron chi connectivity index (χ2n) is 9.45. The number of halogens is 2. The summed E-state index contributed by atoms with van der Waals surface area (Å²) in [5, 5.41) is 0. The molecule has 0 heterocycles. The van der Waals surface area contributed by atoms with Gasteiger partial charge in [-0.1, -0.05) is 0 Å². The third-order valence-corrected chi connectivity index (χ3v) is 11.5. The van der Waals surface area contributed by atoms with Crippen molar-refractivity contribution in [3.63, 3.8) is 0 Å². The first-order valence-corrected chi connectivity index (χ1v) is 15.3. The maximum Gasteiger partial charge on any atom is -1.00 e. The van der Waals surface area contributed by atoms with E-state index in [1.807, 2.05) is 0 Å². The molecule has 0 aliphatic heterocycles. The predicted octanol–water partition coefficient (Wildman–Crippen LogP) is 2.41. The SMILES string of the molecule is CCCc1cc(C2=CC=CC2)c2c(c1)-c1ccccc1[CH]2[Zr+2]=[C](c1ccccc1)c1ccccc1.[Cl-].[Cl-]. The van der Waals surface area contributed by atoms with E-state index in [4.69, 9.17) is 0 Å². The summed E-state index contributed by atoms with van der Waals surface area (Å²) in [5.74, 6) is 0. The Balaban J connectivity index is 0.00000160. The Morgan fingerprint density at radius 2 is 1.38 bits per heavy atom. The zero-order chi connectivity index (χ0) is 23.6. The molecule has 0 bridgehead atoms. The van der Waals surface area contributed by atoms with Gasteiger partial charge in [-0.05, 0) is 0 Å². The van der Waals surface area contributed by atoms with Crippen LogP contribution in [0.1, 0.15) is 56.8 Å². The van der Waals surface area contributed by atoms with Crippen LogP contribution in [0.15, 0.2) is 115 Å². The van der Waals surface area contributed by atoms with E-state index in [1.165, 1.54) is 45.4 Å². The van der Waals surface area contributed by atoms with Gasteiger partial charge in [0, 0.05) is 0 Å². The second kappa shape index (κ2) is 12.5. The molecule has 0 saturated carbocycles. The largest absolute Gasteiger partial charge is 1.00 e. The molecule has 2 aliphatic rings. The number of allylic oxidation sites excluding steroid dienone is 4. The minimum Gasteiger partial charge on any atom is -1.00 e. The summed E-state index contributed by atoms with van der Waals surface area (Å²) in [6.07, 6.45) is 10.2. The van der Waals surface area contributed by atoms with Crippen molar-refractivity contribution in [1.82, 2.24) is 0 Å². The molecule has 0 amide bonds. The third-order valence-electron chi connectivity index (χ3n) is 7.16. The fourth-order valence-corrected chi connectivity index (χ4v) is 10.0. The monoisotopic (exact) mass is 597 g/mol. The molecule has 0 saturated heterocycles. The van der Waals surface area contributed by atoms with Gasteiger partial charge in [-0.3, -0.25) is 0 Å². The summed E-state index contributed by atoms with van der Waals surface area (Å²) in [6, 6.07) is 36.5. The molecule has 6 rings (SSSR count). The molecule has 183 valence electrons. The summed E-state index contributed by atoms with van der Waals surface area (Å²) in [7, 11) is 0. The molecule has 0 aromatic heterocycles. The Kier molecular flexibility index (Phi) is 9.36. The molecule has 2 aliphatic carbocycles. The maximum atomic E-state index is 2.52. The first-order chi connectivity index (χ1) is 17.3. The van der Waals surface area contributed by atoms with Gasteiger partial charge in [-0.25, -0.2) is 0 Å².